The number of ether oxygens (including phenoxy) is 3. The van der Waals surface area contributed by atoms with Crippen LogP contribution in [0.15, 0.2) is 42.5 Å². The highest BCUT2D eigenvalue weighted by Crippen LogP contribution is 2.56. The van der Waals surface area contributed by atoms with Crippen molar-refractivity contribution in [1.82, 2.24) is 0 Å². The number of benzene rings is 2. The summed E-state index contributed by atoms with van der Waals surface area (Å²) >= 11 is 0. The molecule has 0 spiro atoms. The molecule has 3 fully saturated rings. The van der Waals surface area contributed by atoms with Crippen LogP contribution in [0.5, 0.6) is 11.5 Å². The minimum absolute atomic E-state index is 0.132. The second-order valence-electron chi connectivity index (χ2n) is 9.13. The second-order valence-corrected chi connectivity index (χ2v) is 9.13. The summed E-state index contributed by atoms with van der Waals surface area (Å²) < 4.78 is 15.5. The number of carbonyl (C=O) groups excluding carboxylic acids is 4. The third-order valence-corrected chi connectivity index (χ3v) is 7.30. The average Bonchev–Trinajstić information content (AvgIpc) is 3.56. The van der Waals surface area contributed by atoms with E-state index in [1.54, 1.807) is 30.3 Å². The van der Waals surface area contributed by atoms with Gasteiger partial charge < -0.3 is 19.5 Å². The first-order valence-electron chi connectivity index (χ1n) is 11.6. The molecule has 1 heterocycles. The molecule has 2 aromatic carbocycles. The first kappa shape index (κ1) is 22.9. The van der Waals surface area contributed by atoms with Crippen molar-refractivity contribution in [3.63, 3.8) is 0 Å². The predicted molar refractivity (Wildman–Crippen MR) is 125 cm³/mol. The SMILES string of the molecule is COc1ccc(OC)c(NC(=O)COC(=O)c2ccc(N3C(=O)[C@@H]4[C@H]5CC[C@@H](C5)[C@@H]4C3=O)cc2)c1. The number of imide groups is 1. The van der Waals surface area contributed by atoms with Gasteiger partial charge in [0.05, 0.1) is 43.0 Å². The number of nitrogens with one attached hydrogen (secondary N) is 1. The van der Waals surface area contributed by atoms with Crippen molar-refractivity contribution < 1.29 is 33.4 Å². The molecule has 3 aliphatic rings. The van der Waals surface area contributed by atoms with Crippen molar-refractivity contribution >= 4 is 35.1 Å². The molecule has 4 atom stereocenters. The standard InChI is InChI=1S/C26H26N2O7/c1-33-18-9-10-20(34-2)19(12-18)27-21(29)13-35-26(32)14-5-7-17(8-6-14)28-24(30)22-15-3-4-16(11-15)23(22)25(28)31/h5-10,12,15-16,22-23H,3-4,11,13H2,1-2H3,(H,27,29)/t15-,16-,22-,23+/m0/s1. The van der Waals surface area contributed by atoms with Gasteiger partial charge in [0.25, 0.3) is 5.91 Å². The molecule has 35 heavy (non-hydrogen) atoms. The Morgan fingerprint density at radius 3 is 2.20 bits per heavy atom. The zero-order chi connectivity index (χ0) is 24.7. The molecule has 9 heteroatoms. The number of esters is 1. The van der Waals surface area contributed by atoms with Crippen LogP contribution in [0.4, 0.5) is 11.4 Å². The van der Waals surface area contributed by atoms with Gasteiger partial charge in [0.15, 0.2) is 6.61 Å². The van der Waals surface area contributed by atoms with E-state index in [-0.39, 0.29) is 29.2 Å². The van der Waals surface area contributed by atoms with E-state index in [4.69, 9.17) is 14.2 Å². The molecule has 182 valence electrons. The molecule has 0 radical (unpaired) electrons. The molecule has 5 rings (SSSR count). The molecule has 3 amide bonds. The highest BCUT2D eigenvalue weighted by molar-refractivity contribution is 6.22. The van der Waals surface area contributed by atoms with Gasteiger partial charge in [-0.05, 0) is 67.5 Å². The lowest BCUT2D eigenvalue weighted by Gasteiger charge is -2.19. The van der Waals surface area contributed by atoms with E-state index in [1.807, 2.05) is 0 Å². The minimum atomic E-state index is -0.696. The molecular formula is C26H26N2O7. The molecule has 0 unspecified atom stereocenters. The van der Waals surface area contributed by atoms with E-state index in [2.05, 4.69) is 5.32 Å². The summed E-state index contributed by atoms with van der Waals surface area (Å²) in [6.07, 6.45) is 3.01. The summed E-state index contributed by atoms with van der Waals surface area (Å²) in [5.41, 5.74) is 1.04. The van der Waals surface area contributed by atoms with Gasteiger partial charge in [-0.1, -0.05) is 0 Å². The van der Waals surface area contributed by atoms with Crippen LogP contribution in [-0.4, -0.2) is 44.5 Å². The van der Waals surface area contributed by atoms with Crippen LogP contribution < -0.4 is 19.7 Å². The largest absolute Gasteiger partial charge is 0.497 e. The Morgan fingerprint density at radius 2 is 1.60 bits per heavy atom. The van der Waals surface area contributed by atoms with E-state index in [0.29, 0.717) is 34.7 Å². The maximum absolute atomic E-state index is 13.0. The molecule has 2 bridgehead atoms. The highest BCUT2D eigenvalue weighted by Gasteiger charge is 2.61. The smallest absolute Gasteiger partial charge is 0.338 e. The van der Waals surface area contributed by atoms with E-state index in [0.717, 1.165) is 19.3 Å². The lowest BCUT2D eigenvalue weighted by molar-refractivity contribution is -0.123. The van der Waals surface area contributed by atoms with Crippen molar-refractivity contribution in [2.24, 2.45) is 23.7 Å². The Kier molecular flexibility index (Phi) is 5.92. The summed E-state index contributed by atoms with van der Waals surface area (Å²) in [5, 5.41) is 2.63. The number of methoxy groups -OCH3 is 2. The number of hydrogen-bond acceptors (Lipinski definition) is 7. The van der Waals surface area contributed by atoms with Gasteiger partial charge in [-0.2, -0.15) is 0 Å². The first-order valence-corrected chi connectivity index (χ1v) is 11.6. The molecule has 9 nitrogen and oxygen atoms in total. The Bertz CT molecular complexity index is 1160. The number of anilines is 2. The fourth-order valence-corrected chi connectivity index (χ4v) is 5.72. The van der Waals surface area contributed by atoms with Gasteiger partial charge in [-0.25, -0.2) is 4.79 Å². The van der Waals surface area contributed by atoms with Crippen molar-refractivity contribution in [1.29, 1.82) is 0 Å². The quantitative estimate of drug-likeness (QED) is 0.481. The molecular weight excluding hydrogens is 452 g/mol. The van der Waals surface area contributed by atoms with Gasteiger partial charge in [0.1, 0.15) is 11.5 Å². The monoisotopic (exact) mass is 478 g/mol. The number of carbonyl (C=O) groups is 4. The second kappa shape index (κ2) is 9.05. The van der Waals surface area contributed by atoms with Gasteiger partial charge in [0.2, 0.25) is 11.8 Å². The summed E-state index contributed by atoms with van der Waals surface area (Å²) in [5.74, 6) is -0.324. The van der Waals surface area contributed by atoms with Gasteiger partial charge >= 0.3 is 5.97 Å². The molecule has 0 aromatic heterocycles. The number of nitrogens with zero attached hydrogens (tertiary/aromatic N) is 1. The maximum atomic E-state index is 13.0. The van der Waals surface area contributed by atoms with Crippen LogP contribution in [0, 0.1) is 23.7 Å². The Hall–Kier alpha value is -3.88. The fourth-order valence-electron chi connectivity index (χ4n) is 5.72. The highest BCUT2D eigenvalue weighted by atomic mass is 16.5. The first-order chi connectivity index (χ1) is 16.9. The summed E-state index contributed by atoms with van der Waals surface area (Å²) in [7, 11) is 2.98. The Balaban J connectivity index is 1.20. The van der Waals surface area contributed by atoms with E-state index < -0.39 is 18.5 Å². The van der Waals surface area contributed by atoms with E-state index in [9.17, 15) is 19.2 Å². The maximum Gasteiger partial charge on any atom is 0.338 e. The summed E-state index contributed by atoms with van der Waals surface area (Å²) in [6, 6.07) is 11.0. The molecule has 2 saturated carbocycles. The van der Waals surface area contributed by atoms with Gasteiger partial charge in [-0.3, -0.25) is 19.3 Å². The van der Waals surface area contributed by atoms with Gasteiger partial charge in [-0.15, -0.1) is 0 Å². The number of amides is 3. The van der Waals surface area contributed by atoms with Crippen LogP contribution in [-0.2, 0) is 19.1 Å². The van der Waals surface area contributed by atoms with Gasteiger partial charge in [0, 0.05) is 6.07 Å². The number of hydrogen-bond donors (Lipinski definition) is 1. The Morgan fingerprint density at radius 1 is 0.943 bits per heavy atom. The zero-order valence-corrected chi connectivity index (χ0v) is 19.5. The summed E-state index contributed by atoms with van der Waals surface area (Å²) in [6.45, 7) is -0.504. The van der Waals surface area contributed by atoms with E-state index in [1.165, 1.54) is 31.3 Å². The molecule has 1 N–H and O–H groups in total. The third-order valence-electron chi connectivity index (χ3n) is 7.30. The van der Waals surface area contributed by atoms with Crippen molar-refractivity contribution in [3.05, 3.63) is 48.0 Å². The minimum Gasteiger partial charge on any atom is -0.497 e. The topological polar surface area (TPSA) is 111 Å². The Labute approximate surface area is 202 Å². The zero-order valence-electron chi connectivity index (χ0n) is 19.5. The van der Waals surface area contributed by atoms with Crippen molar-refractivity contribution in [2.75, 3.05) is 31.0 Å². The molecule has 2 aliphatic carbocycles. The van der Waals surface area contributed by atoms with Crippen LogP contribution in [0.1, 0.15) is 29.6 Å². The lowest BCUT2D eigenvalue weighted by Crippen LogP contribution is -2.32. The molecule has 2 aromatic rings. The van der Waals surface area contributed by atoms with Crippen LogP contribution >= 0.6 is 0 Å². The van der Waals surface area contributed by atoms with E-state index >= 15 is 0 Å². The lowest BCUT2D eigenvalue weighted by atomic mass is 9.81. The van der Waals surface area contributed by atoms with Crippen LogP contribution in [0.2, 0.25) is 0 Å². The molecule has 1 aliphatic heterocycles. The van der Waals surface area contributed by atoms with Crippen LogP contribution in [0.25, 0.3) is 0 Å². The molecule has 1 saturated heterocycles. The number of fused-ring (bicyclic) bond motifs is 5. The normalized spacial score (nSPS) is 24.3. The number of rotatable bonds is 7. The summed E-state index contributed by atoms with van der Waals surface area (Å²) in [4.78, 5) is 52.0. The van der Waals surface area contributed by atoms with Crippen LogP contribution in [0.3, 0.4) is 0 Å². The van der Waals surface area contributed by atoms with Crippen molar-refractivity contribution in [2.45, 2.75) is 19.3 Å². The fraction of sp³-hybridized carbons (Fsp3) is 0.385. The third kappa shape index (κ3) is 4.00. The average molecular weight is 479 g/mol. The van der Waals surface area contributed by atoms with Crippen molar-refractivity contribution in [3.8, 4) is 11.5 Å². The predicted octanol–water partition coefficient (Wildman–Crippen LogP) is 3.03.